The molecule has 2 aromatic carbocycles. The molecule has 2 rings (SSSR count). The predicted octanol–water partition coefficient (Wildman–Crippen LogP) is 3.85. The number of hydrazine groups is 1. The van der Waals surface area contributed by atoms with Gasteiger partial charge in [-0.05, 0) is 80.9 Å². The first-order valence-electron chi connectivity index (χ1n) is 10.2. The van der Waals surface area contributed by atoms with Crippen LogP contribution in [0.25, 0.3) is 0 Å². The van der Waals surface area contributed by atoms with Crippen molar-refractivity contribution in [2.24, 2.45) is 5.92 Å². The molecule has 0 saturated carbocycles. The smallest absolute Gasteiger partial charge is 0.269 e. The summed E-state index contributed by atoms with van der Waals surface area (Å²) in [5.41, 5.74) is 5.81. The van der Waals surface area contributed by atoms with Gasteiger partial charge in [-0.1, -0.05) is 19.9 Å². The third kappa shape index (κ3) is 8.64. The Labute approximate surface area is 188 Å². The molecule has 0 aliphatic rings. The molecule has 0 saturated heterocycles. The number of benzene rings is 2. The molecule has 0 spiro atoms. The van der Waals surface area contributed by atoms with E-state index >= 15 is 0 Å². The third-order valence-corrected chi connectivity index (χ3v) is 4.27. The van der Waals surface area contributed by atoms with Crippen molar-refractivity contribution in [3.05, 3.63) is 59.7 Å². The molecule has 8 heteroatoms. The highest BCUT2D eigenvalue weighted by Crippen LogP contribution is 2.15. The van der Waals surface area contributed by atoms with Gasteiger partial charge in [-0.2, -0.15) is 0 Å². The lowest BCUT2D eigenvalue weighted by atomic mass is 10.1. The van der Waals surface area contributed by atoms with Crippen molar-refractivity contribution in [3.8, 4) is 11.5 Å². The van der Waals surface area contributed by atoms with Crippen LogP contribution in [0.5, 0.6) is 11.5 Å². The Bertz CT molecular complexity index is 898. The Morgan fingerprint density at radius 2 is 1.61 bits per heavy atom. The average molecular weight is 444 g/mol. The number of ether oxygens (including phenoxy) is 2. The summed E-state index contributed by atoms with van der Waals surface area (Å²) in [6, 6.07) is 13.6. The molecular weight excluding hydrogens is 414 g/mol. The van der Waals surface area contributed by atoms with Crippen molar-refractivity contribution in [2.75, 3.05) is 6.61 Å². The van der Waals surface area contributed by atoms with Gasteiger partial charge in [0.15, 0.2) is 5.11 Å². The lowest BCUT2D eigenvalue weighted by molar-refractivity contribution is 0.0934. The molecule has 0 radical (unpaired) electrons. The van der Waals surface area contributed by atoms with Gasteiger partial charge in [-0.3, -0.25) is 25.8 Å². The average Bonchev–Trinajstić information content (AvgIpc) is 2.72. The molecule has 0 atom stereocenters. The minimum absolute atomic E-state index is 0.00284. The molecule has 0 unspecified atom stereocenters. The van der Waals surface area contributed by atoms with E-state index in [-0.39, 0.29) is 11.2 Å². The van der Waals surface area contributed by atoms with Crippen molar-refractivity contribution in [2.45, 2.75) is 40.2 Å². The number of nitrogens with one attached hydrogen (secondary N) is 3. The molecule has 7 nitrogen and oxygen atoms in total. The number of hydrogen-bond acceptors (Lipinski definition) is 5. The molecule has 2 amide bonds. The summed E-state index contributed by atoms with van der Waals surface area (Å²) in [5, 5.41) is 2.49. The van der Waals surface area contributed by atoms with Gasteiger partial charge in [0.25, 0.3) is 11.8 Å². The minimum atomic E-state index is -0.413. The maximum Gasteiger partial charge on any atom is 0.269 e. The minimum Gasteiger partial charge on any atom is -0.494 e. The van der Waals surface area contributed by atoms with Crippen LogP contribution in [-0.4, -0.2) is 29.6 Å². The van der Waals surface area contributed by atoms with E-state index < -0.39 is 11.8 Å². The zero-order valence-electron chi connectivity index (χ0n) is 18.2. The largest absolute Gasteiger partial charge is 0.494 e. The first kappa shape index (κ1) is 24.1. The van der Waals surface area contributed by atoms with E-state index in [4.69, 9.17) is 21.7 Å². The number of hydrogen-bond donors (Lipinski definition) is 3. The molecule has 0 aliphatic carbocycles. The van der Waals surface area contributed by atoms with Crippen LogP contribution in [0.3, 0.4) is 0 Å². The van der Waals surface area contributed by atoms with Gasteiger partial charge in [0.1, 0.15) is 11.5 Å². The first-order valence-corrected chi connectivity index (χ1v) is 10.6. The van der Waals surface area contributed by atoms with Gasteiger partial charge in [0, 0.05) is 11.1 Å². The van der Waals surface area contributed by atoms with E-state index in [0.717, 1.165) is 6.42 Å². The zero-order chi connectivity index (χ0) is 22.8. The molecule has 0 bridgehead atoms. The standard InChI is InChI=1S/C23H29N3O4S/c1-15(2)12-13-29-19-10-8-17(9-11-19)22(28)25-26-23(31)24-21(27)18-6-5-7-20(14-18)30-16(3)4/h5-11,14-16H,12-13H2,1-4H3,(H,25,28)(H2,24,26,27,31). The lowest BCUT2D eigenvalue weighted by Crippen LogP contribution is -2.48. The molecule has 0 aliphatic heterocycles. The van der Waals surface area contributed by atoms with Crippen molar-refractivity contribution < 1.29 is 19.1 Å². The number of thiocarbonyl (C=S) groups is 1. The molecule has 166 valence electrons. The van der Waals surface area contributed by atoms with Crippen LogP contribution in [0.15, 0.2) is 48.5 Å². The molecule has 0 fully saturated rings. The Kier molecular flexibility index (Phi) is 9.27. The maximum atomic E-state index is 12.4. The number of rotatable bonds is 8. The molecule has 31 heavy (non-hydrogen) atoms. The molecule has 0 heterocycles. The summed E-state index contributed by atoms with van der Waals surface area (Å²) in [4.78, 5) is 24.6. The fourth-order valence-corrected chi connectivity index (χ4v) is 2.63. The maximum absolute atomic E-state index is 12.4. The Hall–Kier alpha value is -3.13. The second-order valence-corrected chi connectivity index (χ2v) is 8.02. The van der Waals surface area contributed by atoms with Crippen molar-refractivity contribution >= 4 is 29.1 Å². The number of amides is 2. The van der Waals surface area contributed by atoms with Crippen LogP contribution in [0.2, 0.25) is 0 Å². The van der Waals surface area contributed by atoms with E-state index in [0.29, 0.717) is 35.2 Å². The molecular formula is C23H29N3O4S. The van der Waals surface area contributed by atoms with Gasteiger partial charge >= 0.3 is 0 Å². The normalized spacial score (nSPS) is 10.5. The van der Waals surface area contributed by atoms with Gasteiger partial charge in [0.2, 0.25) is 0 Å². The van der Waals surface area contributed by atoms with E-state index in [2.05, 4.69) is 30.0 Å². The second kappa shape index (κ2) is 11.9. The van der Waals surface area contributed by atoms with Crippen LogP contribution < -0.4 is 25.6 Å². The van der Waals surface area contributed by atoms with Gasteiger partial charge in [-0.25, -0.2) is 0 Å². The van der Waals surface area contributed by atoms with E-state index in [1.807, 2.05) is 13.8 Å². The lowest BCUT2D eigenvalue weighted by Gasteiger charge is -2.13. The fraction of sp³-hybridized carbons (Fsp3) is 0.348. The quantitative estimate of drug-likeness (QED) is 0.424. The Morgan fingerprint density at radius 3 is 2.26 bits per heavy atom. The topological polar surface area (TPSA) is 88.7 Å². The Balaban J connectivity index is 1.81. The second-order valence-electron chi connectivity index (χ2n) is 7.61. The van der Waals surface area contributed by atoms with Crippen LogP contribution in [0.4, 0.5) is 0 Å². The van der Waals surface area contributed by atoms with E-state index in [1.165, 1.54) is 0 Å². The number of carbonyl (C=O) groups excluding carboxylic acids is 2. The third-order valence-electron chi connectivity index (χ3n) is 4.07. The fourth-order valence-electron chi connectivity index (χ4n) is 2.49. The van der Waals surface area contributed by atoms with E-state index in [1.54, 1.807) is 48.5 Å². The zero-order valence-corrected chi connectivity index (χ0v) is 19.0. The summed E-state index contributed by atoms with van der Waals surface area (Å²) < 4.78 is 11.2. The summed E-state index contributed by atoms with van der Waals surface area (Å²) in [6.07, 6.45) is 0.960. The highest BCUT2D eigenvalue weighted by molar-refractivity contribution is 7.80. The van der Waals surface area contributed by atoms with Crippen molar-refractivity contribution in [1.29, 1.82) is 0 Å². The van der Waals surface area contributed by atoms with Crippen molar-refractivity contribution in [1.82, 2.24) is 16.2 Å². The molecule has 3 N–H and O–H groups in total. The highest BCUT2D eigenvalue weighted by Gasteiger charge is 2.11. The monoisotopic (exact) mass is 443 g/mol. The summed E-state index contributed by atoms with van der Waals surface area (Å²) in [6.45, 7) is 8.71. The van der Waals surface area contributed by atoms with Gasteiger partial charge < -0.3 is 9.47 Å². The van der Waals surface area contributed by atoms with Crippen LogP contribution in [-0.2, 0) is 0 Å². The predicted molar refractivity (Wildman–Crippen MR) is 124 cm³/mol. The summed E-state index contributed by atoms with van der Waals surface area (Å²) in [7, 11) is 0. The van der Waals surface area contributed by atoms with Gasteiger partial charge in [-0.15, -0.1) is 0 Å². The Morgan fingerprint density at radius 1 is 0.903 bits per heavy atom. The SMILES string of the molecule is CC(C)CCOc1ccc(C(=O)NNC(=S)NC(=O)c2cccc(OC(C)C)c2)cc1. The highest BCUT2D eigenvalue weighted by atomic mass is 32.1. The molecule has 2 aromatic rings. The van der Waals surface area contributed by atoms with Crippen LogP contribution in [0, 0.1) is 5.92 Å². The van der Waals surface area contributed by atoms with E-state index in [9.17, 15) is 9.59 Å². The summed E-state index contributed by atoms with van der Waals surface area (Å²) >= 11 is 5.08. The van der Waals surface area contributed by atoms with Crippen LogP contribution in [0.1, 0.15) is 54.8 Å². The number of carbonyl (C=O) groups is 2. The van der Waals surface area contributed by atoms with Crippen LogP contribution >= 0.6 is 12.2 Å². The molecule has 0 aromatic heterocycles. The van der Waals surface area contributed by atoms with Crippen molar-refractivity contribution in [3.63, 3.8) is 0 Å². The summed E-state index contributed by atoms with van der Waals surface area (Å²) in [5.74, 6) is 1.06. The first-order chi connectivity index (χ1) is 14.7. The van der Waals surface area contributed by atoms with Gasteiger partial charge in [0.05, 0.1) is 12.7 Å².